The van der Waals surface area contributed by atoms with Crippen molar-refractivity contribution in [1.29, 1.82) is 0 Å². The lowest BCUT2D eigenvalue weighted by Crippen LogP contribution is -2.19. The van der Waals surface area contributed by atoms with Gasteiger partial charge in [0, 0.05) is 11.1 Å². The molecule has 0 aliphatic heterocycles. The number of nitrogens with one attached hydrogen (secondary N) is 1. The number of anilines is 1. The number of hydrogen-bond acceptors (Lipinski definition) is 9. The lowest BCUT2D eigenvalue weighted by molar-refractivity contribution is 0.0950. The van der Waals surface area contributed by atoms with Crippen molar-refractivity contribution in [2.45, 2.75) is 6.92 Å². The Morgan fingerprint density at radius 3 is 2.66 bits per heavy atom. The average molecular weight is 468 g/mol. The standard InChI is InChI=1S/C24H20N8O3/c1-14-7-9-16(10-8-14)21-20(27-31-32(21)23-22(25)29-35-30-23)24(33)28-26-13-18-17-6-4-3-5-15(17)11-12-19(18)34-2/h3-13H,1-2H3,(H2,25,29)(H,28,33)/b26-13-. The summed E-state index contributed by atoms with van der Waals surface area (Å²) in [7, 11) is 1.58. The van der Waals surface area contributed by atoms with Gasteiger partial charge in [-0.05, 0) is 34.1 Å². The van der Waals surface area contributed by atoms with Crippen molar-refractivity contribution < 1.29 is 14.2 Å². The molecule has 2 aromatic heterocycles. The van der Waals surface area contributed by atoms with E-state index in [9.17, 15) is 4.79 Å². The molecule has 11 heteroatoms. The van der Waals surface area contributed by atoms with Gasteiger partial charge in [0.1, 0.15) is 11.4 Å². The number of aryl methyl sites for hydroxylation is 1. The molecule has 0 aliphatic rings. The number of benzene rings is 3. The molecular formula is C24H20N8O3. The molecule has 0 radical (unpaired) electrons. The molecule has 3 aromatic carbocycles. The van der Waals surface area contributed by atoms with Gasteiger partial charge in [0.2, 0.25) is 11.6 Å². The van der Waals surface area contributed by atoms with Crippen molar-refractivity contribution >= 4 is 28.7 Å². The molecule has 3 N–H and O–H groups in total. The molecule has 2 heterocycles. The Kier molecular flexibility index (Phi) is 5.63. The van der Waals surface area contributed by atoms with Crippen LogP contribution >= 0.6 is 0 Å². The minimum absolute atomic E-state index is 0.0105. The van der Waals surface area contributed by atoms with Crippen LogP contribution in [0.5, 0.6) is 5.75 Å². The van der Waals surface area contributed by atoms with Crippen molar-refractivity contribution in [3.05, 3.63) is 77.5 Å². The number of carbonyl (C=O) groups excluding carboxylic acids is 1. The number of nitrogens with two attached hydrogens (primary N) is 1. The number of nitrogen functional groups attached to an aromatic ring is 1. The summed E-state index contributed by atoms with van der Waals surface area (Å²) in [5.74, 6) is 0.187. The van der Waals surface area contributed by atoms with Crippen molar-refractivity contribution in [2.75, 3.05) is 12.8 Å². The lowest BCUT2D eigenvalue weighted by Gasteiger charge is -2.08. The van der Waals surface area contributed by atoms with E-state index in [-0.39, 0.29) is 17.3 Å². The molecule has 0 aliphatic carbocycles. The van der Waals surface area contributed by atoms with Crippen LogP contribution in [0.25, 0.3) is 27.8 Å². The normalized spacial score (nSPS) is 11.3. The van der Waals surface area contributed by atoms with Gasteiger partial charge >= 0.3 is 0 Å². The van der Waals surface area contributed by atoms with Crippen LogP contribution in [0.1, 0.15) is 21.6 Å². The van der Waals surface area contributed by atoms with E-state index in [2.05, 4.69) is 31.2 Å². The Labute approximate surface area is 199 Å². The Morgan fingerprint density at radius 2 is 1.91 bits per heavy atom. The fraction of sp³-hybridized carbons (Fsp3) is 0.0833. The number of amides is 1. The molecular weight excluding hydrogens is 448 g/mol. The van der Waals surface area contributed by atoms with Crippen molar-refractivity contribution in [1.82, 2.24) is 30.7 Å². The van der Waals surface area contributed by atoms with Crippen molar-refractivity contribution in [3.8, 4) is 22.8 Å². The van der Waals surface area contributed by atoms with E-state index in [1.54, 1.807) is 7.11 Å². The van der Waals surface area contributed by atoms with Gasteiger partial charge in [-0.3, -0.25) is 4.79 Å². The Bertz CT molecular complexity index is 1550. The molecule has 0 bridgehead atoms. The smallest absolute Gasteiger partial charge is 0.294 e. The quantitative estimate of drug-likeness (QED) is 0.285. The predicted molar refractivity (Wildman–Crippen MR) is 129 cm³/mol. The summed E-state index contributed by atoms with van der Waals surface area (Å²) in [4.78, 5) is 13.1. The number of hydrogen-bond donors (Lipinski definition) is 2. The molecule has 35 heavy (non-hydrogen) atoms. The van der Waals surface area contributed by atoms with Gasteiger partial charge in [-0.25, -0.2) is 10.1 Å². The number of methoxy groups -OCH3 is 1. The summed E-state index contributed by atoms with van der Waals surface area (Å²) >= 11 is 0. The topological polar surface area (TPSA) is 146 Å². The first-order chi connectivity index (χ1) is 17.1. The van der Waals surface area contributed by atoms with Crippen LogP contribution in [0, 0.1) is 6.92 Å². The third-order valence-electron chi connectivity index (χ3n) is 5.42. The Morgan fingerprint density at radius 1 is 1.11 bits per heavy atom. The molecule has 174 valence electrons. The molecule has 0 saturated carbocycles. The number of fused-ring (bicyclic) bond motifs is 1. The van der Waals surface area contributed by atoms with E-state index in [0.29, 0.717) is 17.0 Å². The van der Waals surface area contributed by atoms with Crippen LogP contribution in [0.3, 0.4) is 0 Å². The maximum atomic E-state index is 13.1. The van der Waals surface area contributed by atoms with Gasteiger partial charge in [-0.15, -0.1) is 5.10 Å². The molecule has 5 rings (SSSR count). The maximum absolute atomic E-state index is 13.1. The summed E-state index contributed by atoms with van der Waals surface area (Å²) < 4.78 is 11.5. The van der Waals surface area contributed by atoms with E-state index in [1.165, 1.54) is 10.9 Å². The number of aromatic nitrogens is 5. The second kappa shape index (κ2) is 9.06. The average Bonchev–Trinajstić information content (AvgIpc) is 3.50. The molecule has 5 aromatic rings. The molecule has 11 nitrogen and oxygen atoms in total. The van der Waals surface area contributed by atoms with Crippen molar-refractivity contribution in [3.63, 3.8) is 0 Å². The van der Waals surface area contributed by atoms with Gasteiger partial charge in [0.15, 0.2) is 5.69 Å². The zero-order chi connectivity index (χ0) is 24.4. The molecule has 0 saturated heterocycles. The Balaban J connectivity index is 1.51. The fourth-order valence-electron chi connectivity index (χ4n) is 3.69. The third kappa shape index (κ3) is 4.06. The molecule has 0 spiro atoms. The van der Waals surface area contributed by atoms with Crippen LogP contribution < -0.4 is 15.9 Å². The predicted octanol–water partition coefficient (Wildman–Crippen LogP) is 3.13. The molecule has 0 fully saturated rings. The van der Waals surface area contributed by atoms with E-state index < -0.39 is 5.91 Å². The molecule has 1 amide bonds. The fourth-order valence-corrected chi connectivity index (χ4v) is 3.69. The van der Waals surface area contributed by atoms with Crippen LogP contribution in [0.4, 0.5) is 5.82 Å². The highest BCUT2D eigenvalue weighted by Gasteiger charge is 2.25. The van der Waals surface area contributed by atoms with E-state index in [1.807, 2.05) is 67.6 Å². The van der Waals surface area contributed by atoms with Gasteiger partial charge in [-0.1, -0.05) is 65.4 Å². The lowest BCUT2D eigenvalue weighted by atomic mass is 10.0. The van der Waals surface area contributed by atoms with E-state index >= 15 is 0 Å². The molecule has 0 unspecified atom stereocenters. The zero-order valence-corrected chi connectivity index (χ0v) is 18.8. The first-order valence-electron chi connectivity index (χ1n) is 10.6. The second-order valence-corrected chi connectivity index (χ2v) is 7.64. The maximum Gasteiger partial charge on any atom is 0.294 e. The summed E-state index contributed by atoms with van der Waals surface area (Å²) in [5.41, 5.74) is 11.2. The summed E-state index contributed by atoms with van der Waals surface area (Å²) in [6.45, 7) is 1.96. The second-order valence-electron chi connectivity index (χ2n) is 7.64. The highest BCUT2D eigenvalue weighted by Crippen LogP contribution is 2.28. The summed E-state index contributed by atoms with van der Waals surface area (Å²) in [5, 5.41) is 21.6. The highest BCUT2D eigenvalue weighted by molar-refractivity contribution is 6.03. The third-order valence-corrected chi connectivity index (χ3v) is 5.42. The first-order valence-corrected chi connectivity index (χ1v) is 10.6. The molecule has 0 atom stereocenters. The number of ether oxygens (including phenoxy) is 1. The number of rotatable bonds is 6. The summed E-state index contributed by atoms with van der Waals surface area (Å²) in [6.07, 6.45) is 1.54. The van der Waals surface area contributed by atoms with Crippen LogP contribution in [0.2, 0.25) is 0 Å². The van der Waals surface area contributed by atoms with E-state index in [0.717, 1.165) is 21.9 Å². The van der Waals surface area contributed by atoms with Crippen LogP contribution in [-0.2, 0) is 0 Å². The minimum atomic E-state index is -0.572. The largest absolute Gasteiger partial charge is 0.496 e. The van der Waals surface area contributed by atoms with E-state index in [4.69, 9.17) is 15.1 Å². The Hall–Kier alpha value is -5.06. The number of hydrazone groups is 1. The highest BCUT2D eigenvalue weighted by atomic mass is 16.6. The number of nitrogens with zero attached hydrogens (tertiary/aromatic N) is 6. The van der Waals surface area contributed by atoms with Crippen LogP contribution in [-0.4, -0.2) is 44.5 Å². The first kappa shape index (κ1) is 21.8. The van der Waals surface area contributed by atoms with Gasteiger partial charge in [0.05, 0.1) is 13.3 Å². The summed E-state index contributed by atoms with van der Waals surface area (Å²) in [6, 6.07) is 19.1. The van der Waals surface area contributed by atoms with Crippen molar-refractivity contribution in [2.24, 2.45) is 5.10 Å². The zero-order valence-electron chi connectivity index (χ0n) is 18.8. The van der Waals surface area contributed by atoms with Gasteiger partial charge in [-0.2, -0.15) is 9.78 Å². The monoisotopic (exact) mass is 468 g/mol. The number of carbonyl (C=O) groups is 1. The van der Waals surface area contributed by atoms with Crippen LogP contribution in [0.15, 0.2) is 70.4 Å². The van der Waals surface area contributed by atoms with Gasteiger partial charge < -0.3 is 10.5 Å². The SMILES string of the molecule is COc1ccc2ccccc2c1/C=N\NC(=O)c1nnn(-c2nonc2N)c1-c1ccc(C)cc1. The minimum Gasteiger partial charge on any atom is -0.496 e. The van der Waals surface area contributed by atoms with Gasteiger partial charge in [0.25, 0.3) is 5.91 Å².